The summed E-state index contributed by atoms with van der Waals surface area (Å²) in [6.07, 6.45) is 1.01. The summed E-state index contributed by atoms with van der Waals surface area (Å²) < 4.78 is 13.5. The van der Waals surface area contributed by atoms with E-state index in [1.165, 1.54) is 6.07 Å². The van der Waals surface area contributed by atoms with E-state index in [0.29, 0.717) is 24.9 Å². The van der Waals surface area contributed by atoms with Gasteiger partial charge >= 0.3 is 0 Å². The van der Waals surface area contributed by atoms with E-state index in [-0.39, 0.29) is 29.5 Å². The largest absolute Gasteiger partial charge is 0.356 e. The quantitative estimate of drug-likeness (QED) is 0.879. The fourth-order valence-corrected chi connectivity index (χ4v) is 2.94. The minimum absolute atomic E-state index is 0.0412. The third-order valence-electron chi connectivity index (χ3n) is 4.57. The van der Waals surface area contributed by atoms with Gasteiger partial charge in [-0.15, -0.1) is 0 Å². The molecule has 0 heterocycles. The lowest BCUT2D eigenvalue weighted by Crippen LogP contribution is -2.32. The van der Waals surface area contributed by atoms with Crippen molar-refractivity contribution in [3.63, 3.8) is 0 Å². The summed E-state index contributed by atoms with van der Waals surface area (Å²) in [5, 5.41) is 2.81. The first-order valence-electron chi connectivity index (χ1n) is 8.41. The Hall–Kier alpha value is -2.69. The minimum atomic E-state index is -0.278. The molecule has 1 fully saturated rings. The molecule has 0 aliphatic heterocycles. The number of carbonyl (C=O) groups excluding carboxylic acids is 2. The molecule has 0 bridgehead atoms. The van der Waals surface area contributed by atoms with Crippen LogP contribution in [-0.2, 0) is 16.0 Å². The lowest BCUT2D eigenvalue weighted by atomic mass is 10.1. The molecule has 1 aliphatic rings. The maximum atomic E-state index is 13.5. The lowest BCUT2D eigenvalue weighted by Gasteiger charge is -2.17. The predicted octanol–water partition coefficient (Wildman–Crippen LogP) is 2.78. The fourth-order valence-electron chi connectivity index (χ4n) is 2.94. The van der Waals surface area contributed by atoms with Crippen LogP contribution in [0.25, 0.3) is 0 Å². The average Bonchev–Trinajstić information content (AvgIpc) is 3.43. The van der Waals surface area contributed by atoms with E-state index in [4.69, 9.17) is 0 Å². The molecule has 3 rings (SSSR count). The number of anilines is 1. The van der Waals surface area contributed by atoms with Gasteiger partial charge in [0.25, 0.3) is 0 Å². The Morgan fingerprint density at radius 3 is 2.48 bits per heavy atom. The van der Waals surface area contributed by atoms with Crippen molar-refractivity contribution in [3.8, 4) is 0 Å². The Balaban J connectivity index is 1.47. The zero-order valence-electron chi connectivity index (χ0n) is 14.1. The van der Waals surface area contributed by atoms with Crippen LogP contribution < -0.4 is 10.2 Å². The van der Waals surface area contributed by atoms with E-state index in [9.17, 15) is 14.0 Å². The molecule has 1 saturated carbocycles. The first kappa shape index (κ1) is 17.1. The van der Waals surface area contributed by atoms with Crippen LogP contribution in [0, 0.1) is 17.7 Å². The first-order valence-corrected chi connectivity index (χ1v) is 8.41. The van der Waals surface area contributed by atoms with Crippen LogP contribution in [0.1, 0.15) is 12.0 Å². The van der Waals surface area contributed by atoms with Gasteiger partial charge in [0.05, 0.1) is 11.8 Å². The number of nitrogens with zero attached hydrogens (tertiary/aromatic N) is 1. The molecule has 0 saturated heterocycles. The number of halogens is 1. The summed E-state index contributed by atoms with van der Waals surface area (Å²) in [7, 11) is 1.73. The summed E-state index contributed by atoms with van der Waals surface area (Å²) >= 11 is 0. The Bertz CT molecular complexity index is 763. The fraction of sp³-hybridized carbons (Fsp3) is 0.300. The highest BCUT2D eigenvalue weighted by atomic mass is 19.1. The van der Waals surface area contributed by atoms with Crippen LogP contribution in [0.2, 0.25) is 0 Å². The summed E-state index contributed by atoms with van der Waals surface area (Å²) in [6.45, 7) is 0.367. The second-order valence-corrected chi connectivity index (χ2v) is 6.31. The lowest BCUT2D eigenvalue weighted by molar-refractivity contribution is -0.125. The molecule has 1 N–H and O–H groups in total. The van der Waals surface area contributed by atoms with Crippen molar-refractivity contribution < 1.29 is 14.0 Å². The molecule has 0 spiro atoms. The topological polar surface area (TPSA) is 49.4 Å². The number of para-hydroxylation sites is 1. The van der Waals surface area contributed by atoms with Gasteiger partial charge in [0.2, 0.25) is 11.8 Å². The van der Waals surface area contributed by atoms with Gasteiger partial charge in [0.15, 0.2) is 0 Å². The second-order valence-electron chi connectivity index (χ2n) is 6.31. The molecule has 0 aromatic heterocycles. The highest BCUT2D eigenvalue weighted by Gasteiger charge is 2.49. The molecular formula is C20H21FN2O2. The monoisotopic (exact) mass is 340 g/mol. The normalized spacial score (nSPS) is 18.5. The molecule has 2 amide bonds. The Morgan fingerprint density at radius 1 is 1.08 bits per heavy atom. The van der Waals surface area contributed by atoms with Gasteiger partial charge in [-0.05, 0) is 36.6 Å². The first-order chi connectivity index (χ1) is 12.1. The highest BCUT2D eigenvalue weighted by Crippen LogP contribution is 2.40. The molecule has 4 nitrogen and oxygen atoms in total. The molecule has 2 aromatic rings. The van der Waals surface area contributed by atoms with E-state index >= 15 is 0 Å². The van der Waals surface area contributed by atoms with Crippen LogP contribution in [0.3, 0.4) is 0 Å². The smallest absolute Gasteiger partial charge is 0.230 e. The van der Waals surface area contributed by atoms with Gasteiger partial charge in [-0.2, -0.15) is 0 Å². The van der Waals surface area contributed by atoms with E-state index in [2.05, 4.69) is 5.32 Å². The van der Waals surface area contributed by atoms with Crippen LogP contribution in [0.5, 0.6) is 0 Å². The molecule has 130 valence electrons. The minimum Gasteiger partial charge on any atom is -0.356 e. The summed E-state index contributed by atoms with van der Waals surface area (Å²) in [5.74, 6) is -0.977. The van der Waals surface area contributed by atoms with Gasteiger partial charge in [-0.25, -0.2) is 4.39 Å². The number of nitrogens with one attached hydrogen (secondary N) is 1. The average molecular weight is 340 g/mol. The van der Waals surface area contributed by atoms with Crippen molar-refractivity contribution in [1.29, 1.82) is 0 Å². The molecule has 0 radical (unpaired) electrons. The van der Waals surface area contributed by atoms with Crippen molar-refractivity contribution in [2.75, 3.05) is 18.5 Å². The molecule has 2 aromatic carbocycles. The van der Waals surface area contributed by atoms with Crippen LogP contribution in [0.15, 0.2) is 54.6 Å². The number of hydrogen-bond donors (Lipinski definition) is 1. The van der Waals surface area contributed by atoms with Crippen molar-refractivity contribution in [2.45, 2.75) is 12.8 Å². The van der Waals surface area contributed by atoms with Gasteiger partial charge < -0.3 is 10.2 Å². The van der Waals surface area contributed by atoms with Gasteiger partial charge in [-0.3, -0.25) is 9.59 Å². The molecule has 25 heavy (non-hydrogen) atoms. The molecule has 2 atom stereocenters. The zero-order chi connectivity index (χ0) is 17.8. The van der Waals surface area contributed by atoms with Gasteiger partial charge in [0.1, 0.15) is 5.82 Å². The number of hydrogen-bond acceptors (Lipinski definition) is 2. The van der Waals surface area contributed by atoms with Crippen molar-refractivity contribution in [3.05, 3.63) is 66.0 Å². The summed E-state index contributed by atoms with van der Waals surface area (Å²) in [5.41, 5.74) is 1.40. The summed E-state index contributed by atoms with van der Waals surface area (Å²) in [4.78, 5) is 26.2. The number of rotatable bonds is 6. The highest BCUT2D eigenvalue weighted by molar-refractivity contribution is 6.00. The van der Waals surface area contributed by atoms with Crippen LogP contribution in [-0.4, -0.2) is 25.4 Å². The standard InChI is InChI=1S/C20H21FN2O2/c1-23(15-8-3-2-4-9-15)20(25)17-13-16(17)19(24)22-12-11-14-7-5-6-10-18(14)21/h2-10,16-17H,11-13H2,1H3,(H,22,24). The van der Waals surface area contributed by atoms with E-state index < -0.39 is 0 Å². The predicted molar refractivity (Wildman–Crippen MR) is 94.6 cm³/mol. The van der Waals surface area contributed by atoms with Crippen LogP contribution in [0.4, 0.5) is 10.1 Å². The number of carbonyl (C=O) groups is 2. The molecule has 2 unspecified atom stereocenters. The van der Waals surface area contributed by atoms with E-state index in [0.717, 1.165) is 5.69 Å². The Labute approximate surface area is 146 Å². The van der Waals surface area contributed by atoms with Crippen molar-refractivity contribution in [1.82, 2.24) is 5.32 Å². The SMILES string of the molecule is CN(C(=O)C1CC1C(=O)NCCc1ccccc1F)c1ccccc1. The maximum Gasteiger partial charge on any atom is 0.230 e. The van der Waals surface area contributed by atoms with Crippen molar-refractivity contribution in [2.24, 2.45) is 11.8 Å². The molecular weight excluding hydrogens is 319 g/mol. The molecule has 1 aliphatic carbocycles. The second kappa shape index (κ2) is 7.47. The van der Waals surface area contributed by atoms with Crippen molar-refractivity contribution >= 4 is 17.5 Å². The van der Waals surface area contributed by atoms with Gasteiger partial charge in [0, 0.05) is 19.3 Å². The third kappa shape index (κ3) is 4.05. The number of benzene rings is 2. The van der Waals surface area contributed by atoms with E-state index in [1.807, 2.05) is 30.3 Å². The number of amides is 2. The van der Waals surface area contributed by atoms with Gasteiger partial charge in [-0.1, -0.05) is 36.4 Å². The van der Waals surface area contributed by atoms with E-state index in [1.54, 1.807) is 30.1 Å². The third-order valence-corrected chi connectivity index (χ3v) is 4.57. The maximum absolute atomic E-state index is 13.5. The Morgan fingerprint density at radius 2 is 1.76 bits per heavy atom. The Kier molecular flexibility index (Phi) is 5.12. The molecule has 5 heteroatoms. The summed E-state index contributed by atoms with van der Waals surface area (Å²) in [6, 6.07) is 15.9. The zero-order valence-corrected chi connectivity index (χ0v) is 14.1. The van der Waals surface area contributed by atoms with Crippen LogP contribution >= 0.6 is 0 Å².